The summed E-state index contributed by atoms with van der Waals surface area (Å²) in [5, 5.41) is 0. The Hall–Kier alpha value is -1.92. The molecule has 4 fully saturated rings. The van der Waals surface area contributed by atoms with Gasteiger partial charge in [0.25, 0.3) is 0 Å². The van der Waals surface area contributed by atoms with Crippen LogP contribution in [0.25, 0.3) is 0 Å². The van der Waals surface area contributed by atoms with Crippen molar-refractivity contribution in [3.05, 3.63) is 0 Å². The molecule has 0 spiro atoms. The molecule has 4 rings (SSSR count). The normalized spacial score (nSPS) is 41.6. The second-order valence-corrected chi connectivity index (χ2v) is 13.0. The van der Waals surface area contributed by atoms with E-state index < -0.39 is 18.2 Å². The van der Waals surface area contributed by atoms with E-state index in [0.29, 0.717) is 42.8 Å². The van der Waals surface area contributed by atoms with Gasteiger partial charge in [0.05, 0.1) is 7.11 Å². The molecule has 4 aliphatic carbocycles. The van der Waals surface area contributed by atoms with E-state index >= 15 is 0 Å². The molecule has 0 bridgehead atoms. The molecular weight excluding hydrogens is 472 g/mol. The van der Waals surface area contributed by atoms with Gasteiger partial charge in [0, 0.05) is 38.5 Å². The van der Waals surface area contributed by atoms with Crippen LogP contribution in [-0.2, 0) is 33.4 Å². The molecule has 0 aromatic carbocycles. The van der Waals surface area contributed by atoms with Gasteiger partial charge in [-0.3, -0.25) is 19.2 Å². The molecule has 1 unspecified atom stereocenters. The van der Waals surface area contributed by atoms with E-state index in [0.717, 1.165) is 44.9 Å². The maximum absolute atomic E-state index is 13.9. The van der Waals surface area contributed by atoms with Gasteiger partial charge in [-0.15, -0.1) is 0 Å². The number of esters is 3. The van der Waals surface area contributed by atoms with Crippen molar-refractivity contribution in [1.29, 1.82) is 0 Å². The van der Waals surface area contributed by atoms with E-state index in [1.807, 2.05) is 0 Å². The number of hydrogen-bond acceptors (Lipinski definition) is 7. The highest BCUT2D eigenvalue weighted by atomic mass is 16.6. The number of hydrogen-bond donors (Lipinski definition) is 0. The Balaban J connectivity index is 1.54. The Kier molecular flexibility index (Phi) is 8.11. The Morgan fingerprint density at radius 2 is 1.57 bits per heavy atom. The zero-order chi connectivity index (χ0) is 27.1. The molecule has 0 aromatic heterocycles. The summed E-state index contributed by atoms with van der Waals surface area (Å²) in [5.74, 6) is 1.03. The van der Waals surface area contributed by atoms with Gasteiger partial charge in [0.15, 0.2) is 0 Å². The predicted molar refractivity (Wildman–Crippen MR) is 137 cm³/mol. The lowest BCUT2D eigenvalue weighted by Gasteiger charge is -2.61. The number of carbonyl (C=O) groups is 4. The standard InChI is InChI=1S/C30H46O7/c1-17(8-7-9-26(34)35-6)20-10-11-21-27-22(12-14-29(20,21)4)30(5)15-13-25(36-18(2)31)28(37-19(3)32)23(30)16-24(27)33/h17,20-23,25,27-28H,7-16H2,1-6H3/t17-,20-,21+,22+,23?,25+,27+,28-,29-,30-/m1/s1. The van der Waals surface area contributed by atoms with Gasteiger partial charge >= 0.3 is 17.9 Å². The van der Waals surface area contributed by atoms with Crippen LogP contribution in [0.4, 0.5) is 0 Å². The molecule has 0 saturated heterocycles. The van der Waals surface area contributed by atoms with Crippen molar-refractivity contribution < 1.29 is 33.4 Å². The minimum atomic E-state index is -0.565. The highest BCUT2D eigenvalue weighted by Gasteiger charge is 2.65. The van der Waals surface area contributed by atoms with E-state index in [2.05, 4.69) is 20.8 Å². The fourth-order valence-corrected chi connectivity index (χ4v) is 9.46. The maximum atomic E-state index is 13.9. The average molecular weight is 519 g/mol. The topological polar surface area (TPSA) is 96.0 Å². The number of ether oxygens (including phenoxy) is 3. The summed E-state index contributed by atoms with van der Waals surface area (Å²) in [6.07, 6.45) is 7.52. The zero-order valence-corrected chi connectivity index (χ0v) is 23.5. The molecule has 7 nitrogen and oxygen atoms in total. The summed E-state index contributed by atoms with van der Waals surface area (Å²) >= 11 is 0. The van der Waals surface area contributed by atoms with E-state index in [1.54, 1.807) is 0 Å². The van der Waals surface area contributed by atoms with Crippen molar-refractivity contribution >= 4 is 23.7 Å². The SMILES string of the molecule is COC(=O)CCC[C@@H](C)[C@H]1CC[C@H]2[C@@H]3C(=O)CC4[C@@H](OC(C)=O)[C@@H](OC(C)=O)CC[C@]4(C)[C@H]3CC[C@]12C. The molecule has 0 amide bonds. The minimum Gasteiger partial charge on any atom is -0.469 e. The van der Waals surface area contributed by atoms with Crippen LogP contribution in [0, 0.1) is 46.3 Å². The van der Waals surface area contributed by atoms with Crippen molar-refractivity contribution in [2.75, 3.05) is 7.11 Å². The van der Waals surface area contributed by atoms with Crippen LogP contribution in [0.1, 0.15) is 98.8 Å². The Morgan fingerprint density at radius 3 is 2.22 bits per heavy atom. The van der Waals surface area contributed by atoms with Crippen molar-refractivity contribution in [3.63, 3.8) is 0 Å². The van der Waals surface area contributed by atoms with E-state index in [9.17, 15) is 19.2 Å². The quantitative estimate of drug-likeness (QED) is 0.334. The van der Waals surface area contributed by atoms with Crippen molar-refractivity contribution in [3.8, 4) is 0 Å². The highest BCUT2D eigenvalue weighted by molar-refractivity contribution is 5.83. The third kappa shape index (κ3) is 5.08. The van der Waals surface area contributed by atoms with Crippen molar-refractivity contribution in [2.24, 2.45) is 46.3 Å². The van der Waals surface area contributed by atoms with Crippen LogP contribution in [0.5, 0.6) is 0 Å². The molecule has 208 valence electrons. The number of methoxy groups -OCH3 is 1. The maximum Gasteiger partial charge on any atom is 0.305 e. The van der Waals surface area contributed by atoms with Gasteiger partial charge in [-0.1, -0.05) is 20.8 Å². The molecule has 0 aromatic rings. The van der Waals surface area contributed by atoms with Gasteiger partial charge in [-0.25, -0.2) is 0 Å². The lowest BCUT2D eigenvalue weighted by atomic mass is 9.43. The van der Waals surface area contributed by atoms with Gasteiger partial charge in [-0.2, -0.15) is 0 Å². The first-order chi connectivity index (χ1) is 17.4. The minimum absolute atomic E-state index is 0.0514. The fraction of sp³-hybridized carbons (Fsp3) is 0.867. The van der Waals surface area contributed by atoms with Gasteiger partial charge in [0.1, 0.15) is 18.0 Å². The Bertz CT molecular complexity index is 914. The molecule has 7 heteroatoms. The predicted octanol–water partition coefficient (Wildman–Crippen LogP) is 5.28. The van der Waals surface area contributed by atoms with Gasteiger partial charge in [0.2, 0.25) is 0 Å². The van der Waals surface area contributed by atoms with Crippen molar-refractivity contribution in [1.82, 2.24) is 0 Å². The van der Waals surface area contributed by atoms with Crippen LogP contribution in [0.15, 0.2) is 0 Å². The number of fused-ring (bicyclic) bond motifs is 5. The second kappa shape index (κ2) is 10.7. The third-order valence-corrected chi connectivity index (χ3v) is 11.1. The average Bonchev–Trinajstić information content (AvgIpc) is 3.18. The van der Waals surface area contributed by atoms with E-state index in [-0.39, 0.29) is 40.5 Å². The molecule has 37 heavy (non-hydrogen) atoms. The van der Waals surface area contributed by atoms with Gasteiger partial charge < -0.3 is 14.2 Å². The summed E-state index contributed by atoms with van der Waals surface area (Å²) < 4.78 is 16.2. The number of Topliss-reactive ketones (excluding diaryl/α,β-unsaturated/α-hetero) is 1. The lowest BCUT2D eigenvalue weighted by Crippen LogP contribution is -2.62. The molecule has 10 atom stereocenters. The van der Waals surface area contributed by atoms with Crippen LogP contribution >= 0.6 is 0 Å². The van der Waals surface area contributed by atoms with Crippen molar-refractivity contribution in [2.45, 2.75) is 111 Å². The molecule has 0 N–H and O–H groups in total. The molecule has 0 heterocycles. The van der Waals surface area contributed by atoms with Crippen LogP contribution in [0.3, 0.4) is 0 Å². The number of carbonyl (C=O) groups excluding carboxylic acids is 4. The summed E-state index contributed by atoms with van der Waals surface area (Å²) in [5.41, 5.74) is 0.00975. The number of rotatable bonds is 7. The van der Waals surface area contributed by atoms with Crippen LogP contribution in [0.2, 0.25) is 0 Å². The Labute approximate surface area is 221 Å². The molecule has 4 saturated carbocycles. The molecule has 4 aliphatic rings. The summed E-state index contributed by atoms with van der Waals surface area (Å²) in [6.45, 7) is 9.81. The first-order valence-electron chi connectivity index (χ1n) is 14.4. The monoisotopic (exact) mass is 518 g/mol. The fourth-order valence-electron chi connectivity index (χ4n) is 9.46. The smallest absolute Gasteiger partial charge is 0.305 e. The van der Waals surface area contributed by atoms with E-state index in [1.165, 1.54) is 21.0 Å². The van der Waals surface area contributed by atoms with E-state index in [4.69, 9.17) is 14.2 Å². The third-order valence-electron chi connectivity index (χ3n) is 11.1. The summed E-state index contributed by atoms with van der Waals surface area (Å²) in [7, 11) is 1.44. The molecule has 0 aliphatic heterocycles. The first-order valence-corrected chi connectivity index (χ1v) is 14.4. The largest absolute Gasteiger partial charge is 0.469 e. The highest BCUT2D eigenvalue weighted by Crippen LogP contribution is 2.68. The Morgan fingerprint density at radius 1 is 0.919 bits per heavy atom. The zero-order valence-electron chi connectivity index (χ0n) is 23.5. The lowest BCUT2D eigenvalue weighted by molar-refractivity contribution is -0.205. The summed E-state index contributed by atoms with van der Waals surface area (Å²) in [4.78, 5) is 49.3. The first kappa shape index (κ1) is 28.1. The summed E-state index contributed by atoms with van der Waals surface area (Å²) in [6, 6.07) is 0. The van der Waals surface area contributed by atoms with Gasteiger partial charge in [-0.05, 0) is 85.9 Å². The molecular formula is C30H46O7. The van der Waals surface area contributed by atoms with Crippen LogP contribution in [-0.4, -0.2) is 43.0 Å². The second-order valence-electron chi connectivity index (χ2n) is 13.0. The van der Waals surface area contributed by atoms with Crippen LogP contribution < -0.4 is 0 Å². The number of ketones is 1. The molecule has 0 radical (unpaired) electrons.